The monoisotopic (exact) mass is 392 g/mol. The molecule has 4 nitrogen and oxygen atoms in total. The molecule has 0 N–H and O–H groups in total. The Morgan fingerprint density at radius 3 is 2.59 bits per heavy atom. The number of fused-ring (bicyclic) bond motifs is 1. The van der Waals surface area contributed by atoms with E-state index in [1.54, 1.807) is 24.3 Å². The lowest BCUT2D eigenvalue weighted by Crippen LogP contribution is -2.38. The fourth-order valence-electron chi connectivity index (χ4n) is 3.96. The number of carbonyl (C=O) groups excluding carboxylic acids is 1. The van der Waals surface area contributed by atoms with Crippen LogP contribution in [-0.2, 0) is 11.3 Å². The van der Waals surface area contributed by atoms with Gasteiger partial charge in [0.25, 0.3) is 0 Å². The molecule has 1 fully saturated rings. The maximum atomic E-state index is 13.9. The summed E-state index contributed by atoms with van der Waals surface area (Å²) >= 11 is 0. The summed E-state index contributed by atoms with van der Waals surface area (Å²) < 4.78 is 21.5. The highest BCUT2D eigenvalue weighted by molar-refractivity contribution is 6.16. The second-order valence-electron chi connectivity index (χ2n) is 7.30. The van der Waals surface area contributed by atoms with E-state index >= 15 is 0 Å². The Bertz CT molecular complexity index is 1050. The zero-order valence-corrected chi connectivity index (χ0v) is 16.6. The summed E-state index contributed by atoms with van der Waals surface area (Å²) in [5, 5.41) is 0.940. The molecule has 5 heteroatoms. The number of para-hydroxylation sites is 1. The van der Waals surface area contributed by atoms with Gasteiger partial charge in [-0.2, -0.15) is 0 Å². The van der Waals surface area contributed by atoms with Crippen LogP contribution in [0.1, 0.15) is 21.6 Å². The predicted octanol–water partition coefficient (Wildman–Crippen LogP) is 4.32. The van der Waals surface area contributed by atoms with Crippen molar-refractivity contribution in [3.63, 3.8) is 0 Å². The topological polar surface area (TPSA) is 34.5 Å². The van der Waals surface area contributed by atoms with Crippen LogP contribution in [0.25, 0.3) is 17.0 Å². The number of morpholine rings is 1. The van der Waals surface area contributed by atoms with Crippen molar-refractivity contribution in [2.24, 2.45) is 0 Å². The molecule has 0 unspecified atom stereocenters. The van der Waals surface area contributed by atoms with Gasteiger partial charge in [0.05, 0.1) is 18.8 Å². The van der Waals surface area contributed by atoms with E-state index in [1.807, 2.05) is 25.1 Å². The number of rotatable bonds is 6. The Hall–Kier alpha value is -2.76. The second kappa shape index (κ2) is 8.72. The van der Waals surface area contributed by atoms with Crippen LogP contribution >= 0.6 is 0 Å². The quantitative estimate of drug-likeness (QED) is 0.463. The molecule has 0 aliphatic carbocycles. The third-order valence-corrected chi connectivity index (χ3v) is 5.54. The van der Waals surface area contributed by atoms with Crippen molar-refractivity contribution >= 4 is 22.8 Å². The van der Waals surface area contributed by atoms with Gasteiger partial charge >= 0.3 is 0 Å². The lowest BCUT2D eigenvalue weighted by Gasteiger charge is -2.27. The Morgan fingerprint density at radius 1 is 1.07 bits per heavy atom. The molecule has 4 rings (SSSR count). The summed E-state index contributed by atoms with van der Waals surface area (Å²) in [6.07, 6.45) is 3.02. The third kappa shape index (κ3) is 4.16. The molecule has 0 spiro atoms. The first-order valence-electron chi connectivity index (χ1n) is 10.00. The van der Waals surface area contributed by atoms with Gasteiger partial charge < -0.3 is 9.30 Å². The zero-order chi connectivity index (χ0) is 20.2. The molecule has 0 bridgehead atoms. The Balaban J connectivity index is 1.63. The first-order chi connectivity index (χ1) is 14.1. The minimum absolute atomic E-state index is 0.105. The van der Waals surface area contributed by atoms with Crippen LogP contribution in [0, 0.1) is 12.7 Å². The van der Waals surface area contributed by atoms with Gasteiger partial charge in [-0.25, -0.2) is 4.39 Å². The van der Waals surface area contributed by atoms with Gasteiger partial charge in [0.2, 0.25) is 0 Å². The van der Waals surface area contributed by atoms with Gasteiger partial charge in [-0.15, -0.1) is 0 Å². The maximum absolute atomic E-state index is 13.9. The van der Waals surface area contributed by atoms with Gasteiger partial charge in [0.1, 0.15) is 5.82 Å². The summed E-state index contributed by atoms with van der Waals surface area (Å²) in [6.45, 7) is 7.15. The van der Waals surface area contributed by atoms with E-state index in [2.05, 4.69) is 15.5 Å². The standard InChI is InChI=1S/C24H25FN2O2/c1-18-24(23(28)11-10-19-6-2-4-8-21(19)25)20-7-3-5-9-22(20)27(18)13-12-26-14-16-29-17-15-26/h2-11H,12-17H2,1H3/b11-10+. The van der Waals surface area contributed by atoms with Crippen LogP contribution in [0.4, 0.5) is 4.39 Å². The molecule has 0 atom stereocenters. The number of aromatic nitrogens is 1. The Labute approximate surface area is 170 Å². The number of hydrogen-bond donors (Lipinski definition) is 0. The number of nitrogens with zero attached hydrogens (tertiary/aromatic N) is 2. The van der Waals surface area contributed by atoms with Crippen molar-refractivity contribution in [1.29, 1.82) is 0 Å². The van der Waals surface area contributed by atoms with E-state index in [0.29, 0.717) is 11.1 Å². The van der Waals surface area contributed by atoms with Gasteiger partial charge in [0, 0.05) is 48.3 Å². The number of allylic oxidation sites excluding steroid dienone is 1. The summed E-state index contributed by atoms with van der Waals surface area (Å²) in [4.78, 5) is 15.4. The smallest absolute Gasteiger partial charge is 0.188 e. The summed E-state index contributed by atoms with van der Waals surface area (Å²) in [5.74, 6) is -0.437. The zero-order valence-electron chi connectivity index (χ0n) is 16.6. The molecular weight excluding hydrogens is 367 g/mol. The molecule has 3 aromatic rings. The maximum Gasteiger partial charge on any atom is 0.188 e. The van der Waals surface area contributed by atoms with Gasteiger partial charge in [-0.1, -0.05) is 36.4 Å². The third-order valence-electron chi connectivity index (χ3n) is 5.54. The molecule has 1 aliphatic rings. The van der Waals surface area contributed by atoms with Gasteiger partial charge in [0.15, 0.2) is 5.78 Å². The Morgan fingerprint density at radius 2 is 1.79 bits per heavy atom. The largest absolute Gasteiger partial charge is 0.379 e. The van der Waals surface area contributed by atoms with Crippen molar-refractivity contribution in [2.75, 3.05) is 32.8 Å². The lowest BCUT2D eigenvalue weighted by atomic mass is 10.1. The van der Waals surface area contributed by atoms with E-state index in [-0.39, 0.29) is 11.6 Å². The minimum Gasteiger partial charge on any atom is -0.379 e. The van der Waals surface area contributed by atoms with E-state index < -0.39 is 0 Å². The van der Waals surface area contributed by atoms with Crippen LogP contribution in [-0.4, -0.2) is 48.1 Å². The van der Waals surface area contributed by atoms with E-state index in [9.17, 15) is 9.18 Å². The van der Waals surface area contributed by atoms with Crippen molar-refractivity contribution in [3.8, 4) is 0 Å². The van der Waals surface area contributed by atoms with Crippen LogP contribution in [0.15, 0.2) is 54.6 Å². The first-order valence-corrected chi connectivity index (χ1v) is 10.00. The molecule has 0 saturated carbocycles. The van der Waals surface area contributed by atoms with Gasteiger partial charge in [-0.05, 0) is 31.2 Å². The first kappa shape index (κ1) is 19.6. The lowest BCUT2D eigenvalue weighted by molar-refractivity contribution is 0.0365. The van der Waals surface area contributed by atoms with E-state index in [0.717, 1.165) is 56.0 Å². The molecule has 0 amide bonds. The summed E-state index contributed by atoms with van der Waals surface area (Å²) in [6, 6.07) is 14.4. The van der Waals surface area contributed by atoms with Crippen LogP contribution < -0.4 is 0 Å². The highest BCUT2D eigenvalue weighted by Gasteiger charge is 2.19. The average Bonchev–Trinajstić information content (AvgIpc) is 3.03. The fourth-order valence-corrected chi connectivity index (χ4v) is 3.96. The summed E-state index contributed by atoms with van der Waals surface area (Å²) in [5.41, 5.74) is 3.10. The molecule has 2 heterocycles. The van der Waals surface area contributed by atoms with E-state index in [1.165, 1.54) is 12.1 Å². The molecule has 1 aromatic heterocycles. The van der Waals surface area contributed by atoms with Crippen molar-refractivity contribution in [1.82, 2.24) is 9.47 Å². The number of halogens is 1. The van der Waals surface area contributed by atoms with Crippen LogP contribution in [0.5, 0.6) is 0 Å². The van der Waals surface area contributed by atoms with Crippen LogP contribution in [0.2, 0.25) is 0 Å². The van der Waals surface area contributed by atoms with Gasteiger partial charge in [-0.3, -0.25) is 9.69 Å². The molecule has 1 saturated heterocycles. The van der Waals surface area contributed by atoms with Crippen molar-refractivity contribution in [3.05, 3.63) is 77.2 Å². The molecule has 2 aromatic carbocycles. The number of ether oxygens (including phenoxy) is 1. The number of carbonyl (C=O) groups is 1. The molecule has 0 radical (unpaired) electrons. The predicted molar refractivity (Wildman–Crippen MR) is 114 cm³/mol. The second-order valence-corrected chi connectivity index (χ2v) is 7.30. The number of ketones is 1. The Kier molecular flexibility index (Phi) is 5.88. The highest BCUT2D eigenvalue weighted by atomic mass is 19.1. The molecule has 29 heavy (non-hydrogen) atoms. The average molecular weight is 392 g/mol. The van der Waals surface area contributed by atoms with Crippen LogP contribution in [0.3, 0.4) is 0 Å². The fraction of sp³-hybridized carbons (Fsp3) is 0.292. The summed E-state index contributed by atoms with van der Waals surface area (Å²) in [7, 11) is 0. The SMILES string of the molecule is Cc1c(C(=O)/C=C/c2ccccc2F)c2ccccc2n1CCN1CCOCC1. The number of hydrogen-bond acceptors (Lipinski definition) is 3. The van der Waals surface area contributed by atoms with E-state index in [4.69, 9.17) is 4.74 Å². The minimum atomic E-state index is -0.332. The normalized spacial score (nSPS) is 15.4. The molecular formula is C24H25FN2O2. The molecule has 1 aliphatic heterocycles. The highest BCUT2D eigenvalue weighted by Crippen LogP contribution is 2.27. The number of benzene rings is 2. The van der Waals surface area contributed by atoms with Crippen molar-refractivity contribution in [2.45, 2.75) is 13.5 Å². The van der Waals surface area contributed by atoms with Crippen molar-refractivity contribution < 1.29 is 13.9 Å². The molecule has 150 valence electrons.